The Morgan fingerprint density at radius 3 is 1.00 bits per heavy atom. The van der Waals surface area contributed by atoms with Crippen molar-refractivity contribution in [2.75, 3.05) is 13.2 Å². The Kier molecular flexibility index (Phi) is 28.1. The number of esters is 2. The van der Waals surface area contributed by atoms with E-state index in [-0.39, 0.29) is 11.9 Å². The van der Waals surface area contributed by atoms with Gasteiger partial charge in [0, 0.05) is 12.8 Å². The van der Waals surface area contributed by atoms with Crippen LogP contribution in [0.3, 0.4) is 0 Å². The van der Waals surface area contributed by atoms with Crippen LogP contribution in [0.1, 0.15) is 182 Å². The molecule has 0 fully saturated rings. The Labute approximate surface area is 237 Å². The summed E-state index contributed by atoms with van der Waals surface area (Å²) in [6.45, 7) is 10.0. The highest BCUT2D eigenvalue weighted by Gasteiger charge is 2.11. The highest BCUT2D eigenvalue weighted by Crippen LogP contribution is 2.16. The molecule has 0 aromatic heterocycles. The van der Waals surface area contributed by atoms with E-state index < -0.39 is 0 Å². The van der Waals surface area contributed by atoms with Crippen LogP contribution in [0.25, 0.3) is 0 Å². The first-order valence-electron chi connectivity index (χ1n) is 16.9. The Hall–Kier alpha value is -1.06. The highest BCUT2D eigenvalue weighted by atomic mass is 16.5. The zero-order valence-corrected chi connectivity index (χ0v) is 26.2. The molecule has 38 heavy (non-hydrogen) atoms. The lowest BCUT2D eigenvalue weighted by atomic mass is 10.0. The van der Waals surface area contributed by atoms with Gasteiger partial charge in [0.15, 0.2) is 0 Å². The van der Waals surface area contributed by atoms with Gasteiger partial charge in [0.2, 0.25) is 0 Å². The maximum atomic E-state index is 11.9. The average molecular weight is 539 g/mol. The molecule has 0 aromatic carbocycles. The quantitative estimate of drug-likeness (QED) is 0.0702. The summed E-state index contributed by atoms with van der Waals surface area (Å²) in [6, 6.07) is 0. The second kappa shape index (κ2) is 28.9. The van der Waals surface area contributed by atoms with Crippen LogP contribution in [0.15, 0.2) is 0 Å². The maximum absolute atomic E-state index is 11.9. The first-order chi connectivity index (χ1) is 18.6. The van der Waals surface area contributed by atoms with E-state index in [1.807, 2.05) is 0 Å². The Balaban J connectivity index is 3.37. The predicted octanol–water partition coefficient (Wildman–Crippen LogP) is 10.7. The summed E-state index contributed by atoms with van der Waals surface area (Å²) >= 11 is 0. The minimum atomic E-state index is 0.000666. The second-order valence-corrected chi connectivity index (χ2v) is 11.6. The molecule has 2 atom stereocenters. The van der Waals surface area contributed by atoms with Crippen molar-refractivity contribution in [3.63, 3.8) is 0 Å². The summed E-state index contributed by atoms with van der Waals surface area (Å²) in [7, 11) is 0. The Morgan fingerprint density at radius 2 is 0.737 bits per heavy atom. The monoisotopic (exact) mass is 538 g/mol. The van der Waals surface area contributed by atoms with Gasteiger partial charge in [-0.15, -0.1) is 0 Å². The SMILES string of the molecule is CCCCC(CC)COC(=O)CCCCCCCCCCCCCCCCC(=O)OCC(CC)CCCC. The number of unbranched alkanes of at least 4 members (excludes halogenated alkanes) is 15. The third-order valence-corrected chi connectivity index (χ3v) is 8.06. The summed E-state index contributed by atoms with van der Waals surface area (Å²) < 4.78 is 11.0. The highest BCUT2D eigenvalue weighted by molar-refractivity contribution is 5.69. The van der Waals surface area contributed by atoms with Crippen molar-refractivity contribution in [1.82, 2.24) is 0 Å². The minimum Gasteiger partial charge on any atom is -0.465 e. The first kappa shape index (κ1) is 36.9. The second-order valence-electron chi connectivity index (χ2n) is 11.6. The zero-order valence-electron chi connectivity index (χ0n) is 26.2. The maximum Gasteiger partial charge on any atom is 0.305 e. The van der Waals surface area contributed by atoms with E-state index in [1.54, 1.807) is 0 Å². The number of carbonyl (C=O) groups is 2. The molecule has 0 aliphatic rings. The molecule has 0 radical (unpaired) electrons. The summed E-state index contributed by atoms with van der Waals surface area (Å²) in [5.41, 5.74) is 0. The number of hydrogen-bond donors (Lipinski definition) is 0. The number of rotatable bonds is 29. The van der Waals surface area contributed by atoms with Crippen molar-refractivity contribution in [3.05, 3.63) is 0 Å². The summed E-state index contributed by atoms with van der Waals surface area (Å²) in [5, 5.41) is 0. The number of hydrogen-bond acceptors (Lipinski definition) is 4. The molecule has 226 valence electrons. The van der Waals surface area contributed by atoms with Crippen LogP contribution in [0, 0.1) is 11.8 Å². The van der Waals surface area contributed by atoms with Gasteiger partial charge >= 0.3 is 11.9 Å². The lowest BCUT2D eigenvalue weighted by Crippen LogP contribution is -2.13. The molecule has 0 amide bonds. The van der Waals surface area contributed by atoms with Crippen molar-refractivity contribution in [2.45, 2.75) is 182 Å². The molecule has 4 heteroatoms. The molecule has 4 nitrogen and oxygen atoms in total. The molecule has 0 spiro atoms. The predicted molar refractivity (Wildman–Crippen MR) is 162 cm³/mol. The van der Waals surface area contributed by atoms with Gasteiger partial charge < -0.3 is 9.47 Å². The standard InChI is InChI=1S/C34H66O4/c1-5-9-25-31(7-3)29-37-33(35)27-23-21-19-17-15-13-11-12-14-16-18-20-22-24-28-34(36)38-30-32(8-4)26-10-6-2/h31-32H,5-30H2,1-4H3. The van der Waals surface area contributed by atoms with Crippen molar-refractivity contribution < 1.29 is 19.1 Å². The lowest BCUT2D eigenvalue weighted by Gasteiger charge is -2.14. The van der Waals surface area contributed by atoms with E-state index in [9.17, 15) is 9.59 Å². The third-order valence-electron chi connectivity index (χ3n) is 8.06. The van der Waals surface area contributed by atoms with Gasteiger partial charge in [0.05, 0.1) is 13.2 Å². The summed E-state index contributed by atoms with van der Waals surface area (Å²) in [6.07, 6.45) is 28.0. The molecule has 0 saturated heterocycles. The van der Waals surface area contributed by atoms with E-state index in [4.69, 9.17) is 9.47 Å². The summed E-state index contributed by atoms with van der Waals surface area (Å²) in [5.74, 6) is 1.08. The Bertz CT molecular complexity index is 473. The number of ether oxygens (including phenoxy) is 2. The Morgan fingerprint density at radius 1 is 0.447 bits per heavy atom. The topological polar surface area (TPSA) is 52.6 Å². The largest absolute Gasteiger partial charge is 0.465 e. The van der Waals surface area contributed by atoms with E-state index >= 15 is 0 Å². The van der Waals surface area contributed by atoms with Gasteiger partial charge in [-0.2, -0.15) is 0 Å². The van der Waals surface area contributed by atoms with Crippen LogP contribution in [-0.4, -0.2) is 25.2 Å². The van der Waals surface area contributed by atoms with E-state index in [1.165, 1.54) is 103 Å². The van der Waals surface area contributed by atoms with Crippen molar-refractivity contribution >= 4 is 11.9 Å². The van der Waals surface area contributed by atoms with Crippen LogP contribution in [0.5, 0.6) is 0 Å². The number of carbonyl (C=O) groups excluding carboxylic acids is 2. The van der Waals surface area contributed by atoms with Crippen molar-refractivity contribution in [3.8, 4) is 0 Å². The third kappa shape index (κ3) is 25.2. The normalized spacial score (nSPS) is 12.8. The van der Waals surface area contributed by atoms with Gasteiger partial charge in [-0.25, -0.2) is 0 Å². The fourth-order valence-electron chi connectivity index (χ4n) is 5.02. The van der Waals surface area contributed by atoms with Crippen LogP contribution < -0.4 is 0 Å². The molecule has 0 aliphatic carbocycles. The minimum absolute atomic E-state index is 0.000666. The molecule has 2 unspecified atom stereocenters. The van der Waals surface area contributed by atoms with Gasteiger partial charge in [0.25, 0.3) is 0 Å². The molecular weight excluding hydrogens is 472 g/mol. The van der Waals surface area contributed by atoms with Gasteiger partial charge in [-0.1, -0.05) is 143 Å². The lowest BCUT2D eigenvalue weighted by molar-refractivity contribution is -0.146. The molecule has 0 bridgehead atoms. The van der Waals surface area contributed by atoms with Crippen LogP contribution in [0.4, 0.5) is 0 Å². The average Bonchev–Trinajstić information content (AvgIpc) is 2.93. The van der Waals surface area contributed by atoms with Gasteiger partial charge in [-0.3, -0.25) is 9.59 Å². The van der Waals surface area contributed by atoms with Gasteiger partial charge in [0.1, 0.15) is 0 Å². The molecule has 0 heterocycles. The zero-order chi connectivity index (χ0) is 28.1. The fourth-order valence-corrected chi connectivity index (χ4v) is 5.02. The van der Waals surface area contributed by atoms with Crippen LogP contribution in [0.2, 0.25) is 0 Å². The molecule has 0 rings (SSSR count). The first-order valence-corrected chi connectivity index (χ1v) is 16.9. The summed E-state index contributed by atoms with van der Waals surface area (Å²) in [4.78, 5) is 23.9. The van der Waals surface area contributed by atoms with E-state index in [2.05, 4.69) is 27.7 Å². The van der Waals surface area contributed by atoms with Crippen molar-refractivity contribution in [1.29, 1.82) is 0 Å². The molecule has 0 aliphatic heterocycles. The molecule has 0 aromatic rings. The van der Waals surface area contributed by atoms with Crippen molar-refractivity contribution in [2.24, 2.45) is 11.8 Å². The molecule has 0 N–H and O–H groups in total. The molecule has 0 saturated carbocycles. The van der Waals surface area contributed by atoms with Crippen LogP contribution in [-0.2, 0) is 19.1 Å². The smallest absolute Gasteiger partial charge is 0.305 e. The molecular formula is C34H66O4. The van der Waals surface area contributed by atoms with E-state index in [0.29, 0.717) is 37.9 Å². The fraction of sp³-hybridized carbons (Fsp3) is 0.941. The van der Waals surface area contributed by atoms with E-state index in [0.717, 1.165) is 38.5 Å². The van der Waals surface area contributed by atoms with Crippen LogP contribution >= 0.6 is 0 Å². The van der Waals surface area contributed by atoms with Gasteiger partial charge in [-0.05, 0) is 37.5 Å².